The number of hydrogen-bond donors (Lipinski definition) is 0. The molecule has 1 aromatic carbocycles. The van der Waals surface area contributed by atoms with Crippen LogP contribution in [0.5, 0.6) is 0 Å². The average molecular weight is 204 g/mol. The van der Waals surface area contributed by atoms with Crippen LogP contribution in [0.2, 0.25) is 0 Å². The van der Waals surface area contributed by atoms with Crippen molar-refractivity contribution < 1.29 is 0 Å². The third kappa shape index (κ3) is 2.15. The molecule has 2 nitrogen and oxygen atoms in total. The molecule has 0 N–H and O–H groups in total. The van der Waals surface area contributed by atoms with Crippen molar-refractivity contribution in [1.29, 1.82) is 0 Å². The van der Waals surface area contributed by atoms with Crippen molar-refractivity contribution in [3.05, 3.63) is 30.3 Å². The summed E-state index contributed by atoms with van der Waals surface area (Å²) in [4.78, 5) is 4.91. The lowest BCUT2D eigenvalue weighted by Crippen LogP contribution is -2.58. The molecule has 1 aliphatic rings. The molecule has 0 aromatic heterocycles. The average Bonchev–Trinajstić information content (AvgIpc) is 2.17. The van der Waals surface area contributed by atoms with Gasteiger partial charge < -0.3 is 9.80 Å². The van der Waals surface area contributed by atoms with Gasteiger partial charge in [-0.05, 0) is 33.0 Å². The monoisotopic (exact) mass is 204 g/mol. The number of hydrogen-bond acceptors (Lipinski definition) is 2. The first-order chi connectivity index (χ1) is 7.09. The van der Waals surface area contributed by atoms with Gasteiger partial charge in [0.1, 0.15) is 0 Å². The summed E-state index contributed by atoms with van der Waals surface area (Å²) >= 11 is 0. The third-order valence-electron chi connectivity index (χ3n) is 3.16. The molecule has 0 spiro atoms. The zero-order chi connectivity index (χ0) is 10.9. The van der Waals surface area contributed by atoms with E-state index < -0.39 is 0 Å². The van der Waals surface area contributed by atoms with Crippen LogP contribution in [0.25, 0.3) is 0 Å². The maximum Gasteiger partial charge on any atom is 0.0473 e. The SMILES string of the molecule is CN1CCN(c2ccccc2)C(C)(C)C1. The molecule has 2 heteroatoms. The Bertz CT molecular complexity index is 319. The second kappa shape index (κ2) is 3.86. The molecule has 82 valence electrons. The number of rotatable bonds is 1. The first-order valence-electron chi connectivity index (χ1n) is 5.61. The fourth-order valence-electron chi connectivity index (χ4n) is 2.48. The second-order valence-electron chi connectivity index (χ2n) is 5.04. The Morgan fingerprint density at radius 3 is 2.33 bits per heavy atom. The number of likely N-dealkylation sites (N-methyl/N-ethyl adjacent to an activating group) is 1. The summed E-state index contributed by atoms with van der Waals surface area (Å²) in [5.74, 6) is 0. The van der Waals surface area contributed by atoms with Gasteiger partial charge in [0, 0.05) is 30.9 Å². The van der Waals surface area contributed by atoms with Crippen LogP contribution in [0.3, 0.4) is 0 Å². The van der Waals surface area contributed by atoms with Gasteiger partial charge in [0.25, 0.3) is 0 Å². The fraction of sp³-hybridized carbons (Fsp3) is 0.538. The van der Waals surface area contributed by atoms with E-state index >= 15 is 0 Å². The van der Waals surface area contributed by atoms with Gasteiger partial charge in [-0.3, -0.25) is 0 Å². The van der Waals surface area contributed by atoms with Crippen molar-refractivity contribution in [1.82, 2.24) is 4.90 Å². The van der Waals surface area contributed by atoms with E-state index in [-0.39, 0.29) is 5.54 Å². The lowest BCUT2D eigenvalue weighted by molar-refractivity contribution is 0.218. The summed E-state index contributed by atoms with van der Waals surface area (Å²) < 4.78 is 0. The van der Waals surface area contributed by atoms with Gasteiger partial charge in [-0.2, -0.15) is 0 Å². The van der Waals surface area contributed by atoms with Crippen LogP contribution in [0, 0.1) is 0 Å². The van der Waals surface area contributed by atoms with E-state index in [1.165, 1.54) is 5.69 Å². The van der Waals surface area contributed by atoms with Crippen LogP contribution in [0.1, 0.15) is 13.8 Å². The van der Waals surface area contributed by atoms with Gasteiger partial charge in [-0.1, -0.05) is 18.2 Å². The van der Waals surface area contributed by atoms with Crippen LogP contribution in [-0.4, -0.2) is 37.1 Å². The smallest absolute Gasteiger partial charge is 0.0473 e. The van der Waals surface area contributed by atoms with Crippen molar-refractivity contribution in [2.24, 2.45) is 0 Å². The van der Waals surface area contributed by atoms with E-state index in [1.54, 1.807) is 0 Å². The zero-order valence-electron chi connectivity index (χ0n) is 9.90. The topological polar surface area (TPSA) is 6.48 Å². The molecule has 0 saturated carbocycles. The molecular weight excluding hydrogens is 184 g/mol. The molecule has 0 unspecified atom stereocenters. The molecule has 0 radical (unpaired) electrons. The molecule has 1 aromatic rings. The van der Waals surface area contributed by atoms with Crippen LogP contribution in [-0.2, 0) is 0 Å². The predicted molar refractivity (Wildman–Crippen MR) is 65.4 cm³/mol. The molecule has 0 amide bonds. The van der Waals surface area contributed by atoms with Crippen LogP contribution in [0.4, 0.5) is 5.69 Å². The van der Waals surface area contributed by atoms with Gasteiger partial charge >= 0.3 is 0 Å². The number of nitrogens with zero attached hydrogens (tertiary/aromatic N) is 2. The van der Waals surface area contributed by atoms with Crippen LogP contribution in [0.15, 0.2) is 30.3 Å². The van der Waals surface area contributed by atoms with E-state index in [2.05, 4.69) is 61.0 Å². The zero-order valence-corrected chi connectivity index (χ0v) is 9.90. The number of piperazine rings is 1. The van der Waals surface area contributed by atoms with Crippen molar-refractivity contribution in [2.75, 3.05) is 31.6 Å². The summed E-state index contributed by atoms with van der Waals surface area (Å²) in [6, 6.07) is 10.7. The van der Waals surface area contributed by atoms with Gasteiger partial charge in [0.05, 0.1) is 0 Å². The van der Waals surface area contributed by atoms with E-state index in [4.69, 9.17) is 0 Å². The van der Waals surface area contributed by atoms with Crippen LogP contribution < -0.4 is 4.90 Å². The predicted octanol–water partition coefficient (Wildman–Crippen LogP) is 2.22. The first kappa shape index (κ1) is 10.5. The number of anilines is 1. The van der Waals surface area contributed by atoms with Crippen molar-refractivity contribution in [3.8, 4) is 0 Å². The minimum absolute atomic E-state index is 0.231. The summed E-state index contributed by atoms with van der Waals surface area (Å²) in [6.07, 6.45) is 0. The molecule has 1 aliphatic heterocycles. The highest BCUT2D eigenvalue weighted by molar-refractivity contribution is 5.49. The summed E-state index contributed by atoms with van der Waals surface area (Å²) in [6.45, 7) is 8.03. The first-order valence-corrected chi connectivity index (χ1v) is 5.61. The minimum atomic E-state index is 0.231. The normalized spacial score (nSPS) is 21.7. The van der Waals surface area contributed by atoms with Gasteiger partial charge in [-0.15, -0.1) is 0 Å². The second-order valence-corrected chi connectivity index (χ2v) is 5.04. The van der Waals surface area contributed by atoms with Gasteiger partial charge in [0.2, 0.25) is 0 Å². The quantitative estimate of drug-likeness (QED) is 0.692. The Hall–Kier alpha value is -1.02. The highest BCUT2D eigenvalue weighted by Crippen LogP contribution is 2.26. The molecular formula is C13H20N2. The van der Waals surface area contributed by atoms with Gasteiger partial charge in [0.15, 0.2) is 0 Å². The Morgan fingerprint density at radius 1 is 1.07 bits per heavy atom. The molecule has 2 rings (SSSR count). The molecule has 0 aliphatic carbocycles. The largest absolute Gasteiger partial charge is 0.364 e. The molecule has 15 heavy (non-hydrogen) atoms. The minimum Gasteiger partial charge on any atom is -0.364 e. The summed E-state index contributed by atoms with van der Waals surface area (Å²) in [7, 11) is 2.20. The molecule has 1 heterocycles. The lowest BCUT2D eigenvalue weighted by atomic mass is 9.98. The highest BCUT2D eigenvalue weighted by Gasteiger charge is 2.31. The van der Waals surface area contributed by atoms with Crippen molar-refractivity contribution in [3.63, 3.8) is 0 Å². The standard InChI is InChI=1S/C13H20N2/c1-13(2)11-14(3)9-10-15(13)12-7-5-4-6-8-12/h4-8H,9-11H2,1-3H3. The Morgan fingerprint density at radius 2 is 1.73 bits per heavy atom. The third-order valence-corrected chi connectivity index (χ3v) is 3.16. The maximum atomic E-state index is 2.51. The van der Waals surface area contributed by atoms with E-state index in [1.807, 2.05) is 0 Å². The molecule has 1 saturated heterocycles. The fourth-order valence-corrected chi connectivity index (χ4v) is 2.48. The summed E-state index contributed by atoms with van der Waals surface area (Å²) in [5, 5.41) is 0. The molecule has 0 atom stereocenters. The van der Waals surface area contributed by atoms with E-state index in [0.717, 1.165) is 19.6 Å². The number of para-hydroxylation sites is 1. The van der Waals surface area contributed by atoms with Crippen molar-refractivity contribution in [2.45, 2.75) is 19.4 Å². The Kier molecular flexibility index (Phi) is 2.70. The summed E-state index contributed by atoms with van der Waals surface area (Å²) in [5.41, 5.74) is 1.57. The Labute approximate surface area is 92.5 Å². The van der Waals surface area contributed by atoms with E-state index in [0.29, 0.717) is 0 Å². The van der Waals surface area contributed by atoms with Crippen LogP contribution >= 0.6 is 0 Å². The maximum absolute atomic E-state index is 2.51. The highest BCUT2D eigenvalue weighted by atomic mass is 15.3. The van der Waals surface area contributed by atoms with Gasteiger partial charge in [-0.25, -0.2) is 0 Å². The van der Waals surface area contributed by atoms with Crippen molar-refractivity contribution >= 4 is 5.69 Å². The van der Waals surface area contributed by atoms with E-state index in [9.17, 15) is 0 Å². The molecule has 1 fully saturated rings. The lowest BCUT2D eigenvalue weighted by Gasteiger charge is -2.47. The number of benzene rings is 1. The molecule has 0 bridgehead atoms. The Balaban J connectivity index is 2.23.